The van der Waals surface area contributed by atoms with E-state index in [1.165, 1.54) is 0 Å². The molecule has 0 aromatic carbocycles. The molecule has 2 radical (unpaired) electrons. The number of rotatable bonds is 4. The van der Waals surface area contributed by atoms with Gasteiger partial charge in [-0.1, -0.05) is 19.3 Å². The maximum atomic E-state index is 10.1. The van der Waals surface area contributed by atoms with Crippen LogP contribution in [0.5, 0.6) is 0 Å². The Bertz CT molecular complexity index is 52.3. The summed E-state index contributed by atoms with van der Waals surface area (Å²) in [5.41, 5.74) is 0. The molecule has 52 valence electrons. The molecule has 0 heterocycles. The van der Waals surface area contributed by atoms with E-state index in [1.807, 2.05) is 6.92 Å². The minimum atomic E-state index is 0. The fourth-order valence-electron chi connectivity index (χ4n) is 0.509. The van der Waals surface area contributed by atoms with Crippen molar-refractivity contribution in [2.75, 3.05) is 12.5 Å². The van der Waals surface area contributed by atoms with Crippen LogP contribution in [-0.4, -0.2) is 29.8 Å². The maximum Gasteiger partial charge on any atom is 1.00 e. The molecule has 0 saturated heterocycles. The number of alkyl halides is 1. The fraction of sp³-hybridized carbons (Fsp3) is 1.00. The van der Waals surface area contributed by atoms with Crippen molar-refractivity contribution in [2.24, 2.45) is 5.92 Å². The molecular formula is C6H12AlClO. The quantitative estimate of drug-likeness (QED) is 0.439. The van der Waals surface area contributed by atoms with Crippen LogP contribution in [-0.2, 0) is 0 Å². The van der Waals surface area contributed by atoms with Crippen LogP contribution in [0.2, 0.25) is 0 Å². The molecule has 0 aliphatic heterocycles. The van der Waals surface area contributed by atoms with Gasteiger partial charge in [-0.05, 0) is 6.42 Å². The molecule has 3 heteroatoms. The third kappa shape index (κ3) is 8.78. The zero-order valence-electron chi connectivity index (χ0n) is 5.77. The summed E-state index contributed by atoms with van der Waals surface area (Å²) >= 11 is 5.40. The van der Waals surface area contributed by atoms with E-state index in [1.54, 1.807) is 0 Å². The Kier molecular flexibility index (Phi) is 12.2. The summed E-state index contributed by atoms with van der Waals surface area (Å²) in [7, 11) is 0. The van der Waals surface area contributed by atoms with E-state index >= 15 is 0 Å². The Hall–Kier alpha value is 0.782. The van der Waals surface area contributed by atoms with Gasteiger partial charge < -0.3 is 5.11 Å². The zero-order valence-corrected chi connectivity index (χ0v) is 7.68. The molecule has 0 amide bonds. The van der Waals surface area contributed by atoms with Gasteiger partial charge in [-0.25, -0.2) is 0 Å². The first kappa shape index (κ1) is 12.5. The van der Waals surface area contributed by atoms with Gasteiger partial charge in [0.25, 0.3) is 0 Å². The van der Waals surface area contributed by atoms with Gasteiger partial charge >= 0.3 is 17.4 Å². The predicted molar refractivity (Wildman–Crippen MR) is 39.7 cm³/mol. The Morgan fingerprint density at radius 1 is 1.56 bits per heavy atom. The summed E-state index contributed by atoms with van der Waals surface area (Å²) in [6.45, 7) is 2.00. The van der Waals surface area contributed by atoms with Crippen LogP contribution in [0.25, 0.3) is 0 Å². The smallest absolute Gasteiger partial charge is 0.854 e. The van der Waals surface area contributed by atoms with Crippen molar-refractivity contribution >= 4 is 29.0 Å². The SMILES string of the molecule is CC(C[O-])CCCCl.[Al+]. The van der Waals surface area contributed by atoms with Crippen molar-refractivity contribution in [1.82, 2.24) is 0 Å². The molecule has 0 saturated carbocycles. The van der Waals surface area contributed by atoms with Crippen LogP contribution in [0.4, 0.5) is 0 Å². The third-order valence-corrected chi connectivity index (χ3v) is 1.38. The molecule has 0 aliphatic rings. The predicted octanol–water partition coefficient (Wildman–Crippen LogP) is 0.621. The molecular weight excluding hydrogens is 150 g/mol. The first-order valence-electron chi connectivity index (χ1n) is 2.95. The van der Waals surface area contributed by atoms with Crippen LogP contribution in [0.1, 0.15) is 19.8 Å². The normalized spacial score (nSPS) is 12.3. The molecule has 0 spiro atoms. The first-order valence-corrected chi connectivity index (χ1v) is 3.48. The van der Waals surface area contributed by atoms with Gasteiger partial charge in [0.15, 0.2) is 0 Å². The molecule has 0 aromatic heterocycles. The molecule has 0 rings (SSSR count). The van der Waals surface area contributed by atoms with Crippen LogP contribution in [0.3, 0.4) is 0 Å². The van der Waals surface area contributed by atoms with Crippen molar-refractivity contribution in [2.45, 2.75) is 19.8 Å². The second kappa shape index (κ2) is 8.78. The third-order valence-electron chi connectivity index (χ3n) is 1.12. The number of hydrogen-bond acceptors (Lipinski definition) is 1. The number of hydrogen-bond donors (Lipinski definition) is 0. The minimum Gasteiger partial charge on any atom is -0.854 e. The fourth-order valence-corrected chi connectivity index (χ4v) is 0.663. The largest absolute Gasteiger partial charge is 1.00 e. The van der Waals surface area contributed by atoms with Gasteiger partial charge in [0.2, 0.25) is 0 Å². The molecule has 1 nitrogen and oxygen atoms in total. The Labute approximate surface area is 72.5 Å². The van der Waals surface area contributed by atoms with Gasteiger partial charge in [0, 0.05) is 5.88 Å². The summed E-state index contributed by atoms with van der Waals surface area (Å²) in [6, 6.07) is 0. The number of halogens is 1. The van der Waals surface area contributed by atoms with E-state index in [0.717, 1.165) is 12.8 Å². The van der Waals surface area contributed by atoms with Crippen LogP contribution in [0.15, 0.2) is 0 Å². The van der Waals surface area contributed by atoms with Crippen molar-refractivity contribution in [3.8, 4) is 0 Å². The topological polar surface area (TPSA) is 23.1 Å². The van der Waals surface area contributed by atoms with Gasteiger partial charge in [-0.2, -0.15) is 0 Å². The van der Waals surface area contributed by atoms with Crippen LogP contribution >= 0.6 is 11.6 Å². The molecule has 9 heavy (non-hydrogen) atoms. The van der Waals surface area contributed by atoms with E-state index in [9.17, 15) is 5.11 Å². The van der Waals surface area contributed by atoms with Crippen molar-refractivity contribution in [3.63, 3.8) is 0 Å². The van der Waals surface area contributed by atoms with E-state index in [2.05, 4.69) is 0 Å². The monoisotopic (exact) mass is 162 g/mol. The van der Waals surface area contributed by atoms with Gasteiger partial charge in [-0.3, -0.25) is 0 Å². The average molecular weight is 163 g/mol. The van der Waals surface area contributed by atoms with E-state index in [-0.39, 0.29) is 24.0 Å². The van der Waals surface area contributed by atoms with Gasteiger partial charge in [-0.15, -0.1) is 18.2 Å². The summed E-state index contributed by atoms with van der Waals surface area (Å²) in [4.78, 5) is 0. The van der Waals surface area contributed by atoms with Crippen molar-refractivity contribution in [3.05, 3.63) is 0 Å². The summed E-state index contributed by atoms with van der Waals surface area (Å²) in [5.74, 6) is 0.999. The van der Waals surface area contributed by atoms with E-state index < -0.39 is 0 Å². The minimum absolute atomic E-state index is 0. The Morgan fingerprint density at radius 3 is 2.44 bits per heavy atom. The Morgan fingerprint density at radius 2 is 2.11 bits per heavy atom. The van der Waals surface area contributed by atoms with Crippen molar-refractivity contribution in [1.29, 1.82) is 0 Å². The molecule has 0 aromatic rings. The van der Waals surface area contributed by atoms with Gasteiger partial charge in [0.05, 0.1) is 0 Å². The van der Waals surface area contributed by atoms with Gasteiger partial charge in [0.1, 0.15) is 0 Å². The van der Waals surface area contributed by atoms with Crippen molar-refractivity contribution < 1.29 is 5.11 Å². The summed E-state index contributed by atoms with van der Waals surface area (Å²) in [5, 5.41) is 10.1. The molecule has 0 fully saturated rings. The summed E-state index contributed by atoms with van der Waals surface area (Å²) in [6.07, 6.45) is 1.96. The standard InChI is InChI=1S/C6H12ClO.Al/c1-6(5-8)3-2-4-7;/h6H,2-5H2,1H3;/q-1;+1. The van der Waals surface area contributed by atoms with Crippen LogP contribution < -0.4 is 5.11 Å². The van der Waals surface area contributed by atoms with E-state index in [4.69, 9.17) is 11.6 Å². The second-order valence-electron chi connectivity index (χ2n) is 2.10. The molecule has 1 atom stereocenters. The summed E-state index contributed by atoms with van der Waals surface area (Å²) < 4.78 is 0. The molecule has 0 N–H and O–H groups in total. The zero-order chi connectivity index (χ0) is 6.41. The Balaban J connectivity index is 0. The van der Waals surface area contributed by atoms with E-state index in [0.29, 0.717) is 11.8 Å². The first-order chi connectivity index (χ1) is 3.81. The maximum absolute atomic E-state index is 10.1. The second-order valence-corrected chi connectivity index (χ2v) is 2.48. The van der Waals surface area contributed by atoms with Crippen LogP contribution in [0, 0.1) is 5.92 Å². The average Bonchev–Trinajstić information content (AvgIpc) is 1.83. The molecule has 0 bridgehead atoms. The molecule has 0 aliphatic carbocycles. The molecule has 1 unspecified atom stereocenters.